The first-order valence-corrected chi connectivity index (χ1v) is 7.00. The van der Waals surface area contributed by atoms with Gasteiger partial charge in [0.15, 0.2) is 6.29 Å². The predicted molar refractivity (Wildman–Crippen MR) is 69.5 cm³/mol. The molecule has 2 saturated heterocycles. The van der Waals surface area contributed by atoms with Crippen LogP contribution in [-0.4, -0.2) is 111 Å². The van der Waals surface area contributed by atoms with E-state index in [9.17, 15) is 30.6 Å². The van der Waals surface area contributed by atoms with Crippen LogP contribution < -0.4 is 5.31 Å². The minimum atomic E-state index is -1.66. The van der Waals surface area contributed by atoms with E-state index in [1.807, 2.05) is 0 Å². The third-order valence-electron chi connectivity index (χ3n) is 4.01. The first-order valence-electron chi connectivity index (χ1n) is 7.45. The third-order valence-corrected chi connectivity index (χ3v) is 4.01. The van der Waals surface area contributed by atoms with Crippen molar-refractivity contribution in [3.63, 3.8) is 0 Å². The van der Waals surface area contributed by atoms with Crippen LogP contribution in [0, 0.1) is 0 Å². The highest BCUT2D eigenvalue weighted by Gasteiger charge is 2.49. The topological polar surface area (TPSA) is 172 Å². The summed E-state index contributed by atoms with van der Waals surface area (Å²) < 4.78 is 18.3. The lowest BCUT2D eigenvalue weighted by Gasteiger charge is -2.41. The molecular formula is C12H23NO9. The number of hydrogen-bond donors (Lipinski definition) is 8. The van der Waals surface area contributed by atoms with Crippen LogP contribution in [0.2, 0.25) is 1.41 Å². The van der Waals surface area contributed by atoms with Crippen LogP contribution in [0.1, 0.15) is 0 Å². The molecule has 10 heteroatoms. The normalized spacial score (nSPS) is 51.0. The Hall–Kier alpha value is -0.400. The van der Waals surface area contributed by atoms with Gasteiger partial charge < -0.3 is 50.5 Å². The Morgan fingerprint density at radius 2 is 1.50 bits per heavy atom. The zero-order valence-corrected chi connectivity index (χ0v) is 11.7. The molecule has 2 aliphatic rings. The van der Waals surface area contributed by atoms with E-state index in [-0.39, 0.29) is 0 Å². The number of aliphatic hydroxyl groups is 7. The monoisotopic (exact) mass is 326 g/mol. The number of rotatable bonds is 5. The van der Waals surface area contributed by atoms with Crippen LogP contribution in [0.5, 0.6) is 0 Å². The van der Waals surface area contributed by atoms with E-state index in [0.717, 1.165) is 5.31 Å². The number of ether oxygens (including phenoxy) is 2. The van der Waals surface area contributed by atoms with Crippen molar-refractivity contribution in [2.24, 2.45) is 0 Å². The van der Waals surface area contributed by atoms with Gasteiger partial charge in [-0.15, -0.1) is 0 Å². The second-order valence-electron chi connectivity index (χ2n) is 5.44. The Balaban J connectivity index is 2.13. The van der Waals surface area contributed by atoms with E-state index in [0.29, 0.717) is 0 Å². The molecule has 2 rings (SSSR count). The molecule has 0 saturated carbocycles. The van der Waals surface area contributed by atoms with E-state index in [4.69, 9.17) is 16.0 Å². The zero-order valence-electron chi connectivity index (χ0n) is 12.7. The van der Waals surface area contributed by atoms with E-state index < -0.39 is 74.8 Å². The fourth-order valence-corrected chi connectivity index (χ4v) is 2.68. The third kappa shape index (κ3) is 3.26. The zero-order chi connectivity index (χ0) is 17.3. The van der Waals surface area contributed by atoms with Crippen molar-refractivity contribution >= 4 is 0 Å². The number of aliphatic hydroxyl groups excluding tert-OH is 7. The fourth-order valence-electron chi connectivity index (χ4n) is 2.68. The van der Waals surface area contributed by atoms with E-state index in [1.54, 1.807) is 0 Å². The molecule has 0 aliphatic carbocycles. The summed E-state index contributed by atoms with van der Waals surface area (Å²) in [5, 5.41) is 67.9. The molecule has 0 aromatic rings. The second-order valence-corrected chi connectivity index (χ2v) is 5.44. The summed E-state index contributed by atoms with van der Waals surface area (Å²) in [6.45, 7) is -1.74. The summed E-state index contributed by atoms with van der Waals surface area (Å²) in [6.07, 6.45) is -10.0. The predicted octanol–water partition coefficient (Wildman–Crippen LogP) is -5.14. The maximum Gasteiger partial charge on any atom is 0.187 e. The molecular weight excluding hydrogens is 302 g/mol. The molecule has 0 unspecified atom stereocenters. The molecule has 0 spiro atoms. The lowest BCUT2D eigenvalue weighted by atomic mass is 9.99. The van der Waals surface area contributed by atoms with Gasteiger partial charge in [-0.25, -0.2) is 0 Å². The van der Waals surface area contributed by atoms with Crippen LogP contribution in [0.3, 0.4) is 0 Å². The molecule has 0 bridgehead atoms. The van der Waals surface area contributed by atoms with Crippen LogP contribution >= 0.6 is 0 Å². The molecule has 0 aromatic heterocycles. The minimum absolute atomic E-state index is 0.546. The average Bonchev–Trinajstić information content (AvgIpc) is 2.77. The quantitative estimate of drug-likeness (QED) is 0.244. The Morgan fingerprint density at radius 1 is 0.864 bits per heavy atom. The van der Waals surface area contributed by atoms with E-state index in [2.05, 4.69) is 0 Å². The van der Waals surface area contributed by atoms with Gasteiger partial charge in [0, 0.05) is 0 Å². The smallest absolute Gasteiger partial charge is 0.187 e. The molecule has 130 valence electrons. The van der Waals surface area contributed by atoms with Crippen molar-refractivity contribution in [1.29, 1.82) is 0 Å². The number of nitrogens with one attached hydrogen (secondary N) is 1. The summed E-state index contributed by atoms with van der Waals surface area (Å²) >= 11 is 0. The first-order chi connectivity index (χ1) is 10.9. The minimum Gasteiger partial charge on any atom is -0.395 e. The molecule has 2 aliphatic heterocycles. The van der Waals surface area contributed by atoms with Crippen molar-refractivity contribution < 1.29 is 46.6 Å². The fraction of sp³-hybridized carbons (Fsp3) is 1.00. The summed E-state index contributed by atoms with van der Waals surface area (Å²) in [5.41, 5.74) is 0. The first kappa shape index (κ1) is 16.5. The molecule has 0 amide bonds. The van der Waals surface area contributed by atoms with Gasteiger partial charge in [0.05, 0.1) is 38.0 Å². The standard InChI is InChI=1S/C12H23NO9/c14-1-4-7(17)11(5(2-15)13-4)22-12-10(20)9(19)8(18)6(3-16)21-12/h4-20H,1-3H2/t4-,5-,6-,7-,8-,9+,10-,11-,12-/m1/s1/i/hD. The Bertz CT molecular complexity index is 390. The Morgan fingerprint density at radius 3 is 2.05 bits per heavy atom. The highest BCUT2D eigenvalue weighted by Crippen LogP contribution is 2.26. The molecule has 0 radical (unpaired) electrons. The van der Waals surface area contributed by atoms with Crippen molar-refractivity contribution in [1.82, 2.24) is 5.31 Å². The van der Waals surface area contributed by atoms with Gasteiger partial charge in [-0.2, -0.15) is 0 Å². The molecule has 22 heavy (non-hydrogen) atoms. The lowest BCUT2D eigenvalue weighted by molar-refractivity contribution is -0.316. The highest BCUT2D eigenvalue weighted by atomic mass is 16.7. The van der Waals surface area contributed by atoms with Crippen LogP contribution in [-0.2, 0) is 9.47 Å². The van der Waals surface area contributed by atoms with Gasteiger partial charge in [0.25, 0.3) is 0 Å². The Kier molecular flexibility index (Phi) is 5.57. The van der Waals surface area contributed by atoms with Crippen molar-refractivity contribution in [3.8, 4) is 0 Å². The van der Waals surface area contributed by atoms with Gasteiger partial charge >= 0.3 is 0 Å². The summed E-state index contributed by atoms with van der Waals surface area (Å²) in [5.74, 6) is 0. The molecule has 8 N–H and O–H groups in total. The molecule has 2 fully saturated rings. The van der Waals surface area contributed by atoms with Crippen LogP contribution in [0.15, 0.2) is 0 Å². The second kappa shape index (κ2) is 7.45. The summed E-state index contributed by atoms with van der Waals surface area (Å²) in [4.78, 5) is 0. The largest absolute Gasteiger partial charge is 0.395 e. The average molecular weight is 326 g/mol. The van der Waals surface area contributed by atoms with Crippen molar-refractivity contribution in [2.45, 2.75) is 55.0 Å². The van der Waals surface area contributed by atoms with Gasteiger partial charge in [0.2, 0.25) is 0 Å². The van der Waals surface area contributed by atoms with Gasteiger partial charge in [-0.05, 0) is 0 Å². The maximum atomic E-state index is 10.1. The Labute approximate surface area is 128 Å². The molecule has 2 heterocycles. The summed E-state index contributed by atoms with van der Waals surface area (Å²) in [6, 6.07) is -1.99. The lowest BCUT2D eigenvalue weighted by Crippen LogP contribution is -2.60. The van der Waals surface area contributed by atoms with Crippen LogP contribution in [0.25, 0.3) is 0 Å². The van der Waals surface area contributed by atoms with Gasteiger partial charge in [-0.1, -0.05) is 0 Å². The van der Waals surface area contributed by atoms with Crippen LogP contribution in [0.4, 0.5) is 0 Å². The highest BCUT2D eigenvalue weighted by molar-refractivity contribution is 5.00. The maximum absolute atomic E-state index is 10.1. The van der Waals surface area contributed by atoms with Gasteiger partial charge in [0.1, 0.15) is 31.9 Å². The van der Waals surface area contributed by atoms with Crippen molar-refractivity contribution in [3.05, 3.63) is 0 Å². The van der Waals surface area contributed by atoms with Gasteiger partial charge in [-0.3, -0.25) is 0 Å². The van der Waals surface area contributed by atoms with E-state index >= 15 is 0 Å². The number of hydrogen-bond acceptors (Lipinski definition) is 10. The SMILES string of the molecule is [2H]N1[C@H](CO)[C@@H](O)[C@H](O[C@H]2O[C@H](CO)[C@@H](O)[C@H](O)[C@H]2O)[C@H]1CO. The summed E-state index contributed by atoms with van der Waals surface area (Å²) in [7, 11) is 0. The molecule has 10 nitrogen and oxygen atoms in total. The molecule has 9 atom stereocenters. The van der Waals surface area contributed by atoms with Crippen molar-refractivity contribution in [2.75, 3.05) is 19.8 Å². The molecule has 0 aromatic carbocycles. The van der Waals surface area contributed by atoms with E-state index in [1.165, 1.54) is 0 Å².